The van der Waals surface area contributed by atoms with Crippen LogP contribution in [0.2, 0.25) is 0 Å². The monoisotopic (exact) mass is 606 g/mol. The maximum atomic E-state index is 13.6. The first kappa shape index (κ1) is 32.1. The van der Waals surface area contributed by atoms with Gasteiger partial charge in [-0.3, -0.25) is 19.2 Å². The topological polar surface area (TPSA) is 165 Å². The molecule has 0 bridgehead atoms. The molecule has 3 amide bonds. The van der Waals surface area contributed by atoms with Crippen molar-refractivity contribution in [2.75, 3.05) is 27.4 Å². The number of nitrogens with one attached hydrogen (secondary N) is 4. The standard InChI is InChI=1S/C32H38N4O8/c1-18(2)14-24(36-31(40)25-16-21-22(34-25)9-7-11-28(21)43-4)30(39)35-23(15-19-12-13-33-29(19)38)26(37)17-44-32(41)20-8-5-6-10-27(20)42-3/h5-11,16,18-19,23-24,34H,12-15,17H2,1-4H3,(H,33,38)(H,35,39)(H,36,40)/t19-,23-,24-/m0/s1. The second-order valence-electron chi connectivity index (χ2n) is 11.1. The number of fused-ring (bicyclic) bond motifs is 1. The molecule has 1 saturated heterocycles. The van der Waals surface area contributed by atoms with Gasteiger partial charge < -0.3 is 35.1 Å². The molecule has 12 heteroatoms. The van der Waals surface area contributed by atoms with Crippen LogP contribution in [0.1, 0.15) is 54.0 Å². The highest BCUT2D eigenvalue weighted by molar-refractivity contribution is 6.02. The Balaban J connectivity index is 1.49. The Kier molecular flexibility index (Phi) is 10.6. The molecule has 4 N–H and O–H groups in total. The van der Waals surface area contributed by atoms with Crippen LogP contribution in [0.4, 0.5) is 0 Å². The lowest BCUT2D eigenvalue weighted by atomic mass is 9.95. The second-order valence-corrected chi connectivity index (χ2v) is 11.1. The number of aromatic amines is 1. The largest absolute Gasteiger partial charge is 0.496 e. The smallest absolute Gasteiger partial charge is 0.342 e. The number of carbonyl (C=O) groups excluding carboxylic acids is 5. The molecule has 0 aliphatic carbocycles. The lowest BCUT2D eigenvalue weighted by Gasteiger charge is -2.25. The fourth-order valence-corrected chi connectivity index (χ4v) is 5.19. The maximum Gasteiger partial charge on any atom is 0.342 e. The van der Waals surface area contributed by atoms with Gasteiger partial charge in [0.2, 0.25) is 11.8 Å². The lowest BCUT2D eigenvalue weighted by Crippen LogP contribution is -2.53. The van der Waals surface area contributed by atoms with Crippen molar-refractivity contribution in [3.8, 4) is 11.5 Å². The van der Waals surface area contributed by atoms with Gasteiger partial charge >= 0.3 is 5.97 Å². The summed E-state index contributed by atoms with van der Waals surface area (Å²) in [6.45, 7) is 3.64. The van der Waals surface area contributed by atoms with Gasteiger partial charge in [-0.15, -0.1) is 0 Å². The number of hydrogen-bond donors (Lipinski definition) is 4. The Labute approximate surface area is 255 Å². The Morgan fingerprint density at radius 3 is 2.36 bits per heavy atom. The fourth-order valence-electron chi connectivity index (χ4n) is 5.19. The van der Waals surface area contributed by atoms with Crippen molar-refractivity contribution in [1.29, 1.82) is 0 Å². The quantitative estimate of drug-likeness (QED) is 0.204. The second kappa shape index (κ2) is 14.5. The van der Waals surface area contributed by atoms with E-state index in [1.807, 2.05) is 19.9 Å². The molecular formula is C32H38N4O8. The summed E-state index contributed by atoms with van der Waals surface area (Å²) in [5.74, 6) is -2.26. The van der Waals surface area contributed by atoms with Crippen molar-refractivity contribution in [3.05, 3.63) is 59.8 Å². The van der Waals surface area contributed by atoms with E-state index in [1.54, 1.807) is 36.4 Å². The molecule has 0 unspecified atom stereocenters. The third-order valence-electron chi connectivity index (χ3n) is 7.48. The molecule has 1 aliphatic rings. The van der Waals surface area contributed by atoms with Crippen LogP contribution in [-0.4, -0.2) is 73.9 Å². The molecule has 0 saturated carbocycles. The number of ketones is 1. The average molecular weight is 607 g/mol. The molecule has 4 rings (SSSR count). The number of rotatable bonds is 14. The van der Waals surface area contributed by atoms with Crippen LogP contribution in [0.3, 0.4) is 0 Å². The van der Waals surface area contributed by atoms with Gasteiger partial charge in [0.25, 0.3) is 5.91 Å². The van der Waals surface area contributed by atoms with Crippen LogP contribution in [0, 0.1) is 11.8 Å². The number of para-hydroxylation sites is 1. The summed E-state index contributed by atoms with van der Waals surface area (Å²) < 4.78 is 15.8. The van der Waals surface area contributed by atoms with E-state index in [1.165, 1.54) is 20.3 Å². The van der Waals surface area contributed by atoms with Crippen LogP contribution in [0.5, 0.6) is 11.5 Å². The van der Waals surface area contributed by atoms with E-state index in [0.29, 0.717) is 29.6 Å². The highest BCUT2D eigenvalue weighted by atomic mass is 16.5. The molecule has 234 valence electrons. The van der Waals surface area contributed by atoms with Gasteiger partial charge in [0, 0.05) is 23.4 Å². The molecule has 3 aromatic rings. The Hall–Kier alpha value is -4.87. The highest BCUT2D eigenvalue weighted by Crippen LogP contribution is 2.26. The number of methoxy groups -OCH3 is 2. The van der Waals surface area contributed by atoms with E-state index in [9.17, 15) is 24.0 Å². The summed E-state index contributed by atoms with van der Waals surface area (Å²) in [5.41, 5.74) is 1.08. The molecule has 12 nitrogen and oxygen atoms in total. The van der Waals surface area contributed by atoms with Crippen molar-refractivity contribution in [2.24, 2.45) is 11.8 Å². The predicted octanol–water partition coefficient (Wildman–Crippen LogP) is 2.77. The van der Waals surface area contributed by atoms with Crippen LogP contribution in [-0.2, 0) is 19.1 Å². The van der Waals surface area contributed by atoms with E-state index < -0.39 is 48.2 Å². The van der Waals surface area contributed by atoms with Gasteiger partial charge in [-0.2, -0.15) is 0 Å². The van der Waals surface area contributed by atoms with Crippen LogP contribution < -0.4 is 25.4 Å². The molecule has 44 heavy (non-hydrogen) atoms. The molecule has 1 fully saturated rings. The minimum absolute atomic E-state index is 0.0189. The first-order valence-electron chi connectivity index (χ1n) is 14.5. The first-order chi connectivity index (χ1) is 21.1. The van der Waals surface area contributed by atoms with Crippen molar-refractivity contribution >= 4 is 40.4 Å². The number of esters is 1. The number of H-pyrrole nitrogens is 1. The summed E-state index contributed by atoms with van der Waals surface area (Å²) in [6.07, 6.45) is 0.803. The number of amides is 3. The van der Waals surface area contributed by atoms with Gasteiger partial charge in [-0.05, 0) is 55.5 Å². The van der Waals surface area contributed by atoms with Gasteiger partial charge in [0.15, 0.2) is 12.4 Å². The number of carbonyl (C=O) groups is 5. The SMILES string of the molecule is COc1ccccc1C(=O)OCC(=O)[C@H](C[C@@H]1CCNC1=O)NC(=O)[C@H](CC(C)C)NC(=O)c1cc2c(OC)cccc2[nH]1. The zero-order chi connectivity index (χ0) is 31.8. The third kappa shape index (κ3) is 7.74. The normalized spacial score (nSPS) is 15.8. The third-order valence-corrected chi connectivity index (χ3v) is 7.48. The van der Waals surface area contributed by atoms with Crippen LogP contribution in [0.25, 0.3) is 10.9 Å². The number of ether oxygens (including phenoxy) is 3. The molecular weight excluding hydrogens is 568 g/mol. The molecule has 3 atom stereocenters. The zero-order valence-corrected chi connectivity index (χ0v) is 25.2. The van der Waals surface area contributed by atoms with E-state index >= 15 is 0 Å². The number of hydrogen-bond acceptors (Lipinski definition) is 8. The summed E-state index contributed by atoms with van der Waals surface area (Å²) >= 11 is 0. The van der Waals surface area contributed by atoms with Crippen LogP contribution >= 0.6 is 0 Å². The molecule has 2 aromatic carbocycles. The molecule has 1 aliphatic heterocycles. The van der Waals surface area contributed by atoms with Crippen molar-refractivity contribution in [1.82, 2.24) is 20.9 Å². The van der Waals surface area contributed by atoms with Gasteiger partial charge in [-0.25, -0.2) is 4.79 Å². The molecule has 0 radical (unpaired) electrons. The Morgan fingerprint density at radius 1 is 0.955 bits per heavy atom. The van der Waals surface area contributed by atoms with Crippen molar-refractivity contribution in [2.45, 2.75) is 45.2 Å². The molecule has 2 heterocycles. The van der Waals surface area contributed by atoms with E-state index in [0.717, 1.165) is 0 Å². The fraction of sp³-hybridized carbons (Fsp3) is 0.406. The van der Waals surface area contributed by atoms with E-state index in [-0.39, 0.29) is 41.7 Å². The van der Waals surface area contributed by atoms with Gasteiger partial charge in [0.1, 0.15) is 28.8 Å². The van der Waals surface area contributed by atoms with Crippen molar-refractivity contribution in [3.63, 3.8) is 0 Å². The van der Waals surface area contributed by atoms with E-state index in [2.05, 4.69) is 20.9 Å². The minimum atomic E-state index is -1.13. The maximum absolute atomic E-state index is 13.6. The summed E-state index contributed by atoms with van der Waals surface area (Å²) in [5, 5.41) is 8.96. The number of aromatic nitrogens is 1. The Bertz CT molecular complexity index is 1530. The first-order valence-corrected chi connectivity index (χ1v) is 14.5. The summed E-state index contributed by atoms with van der Waals surface area (Å²) in [6, 6.07) is 11.3. The van der Waals surface area contributed by atoms with Crippen LogP contribution in [0.15, 0.2) is 48.5 Å². The lowest BCUT2D eigenvalue weighted by molar-refractivity contribution is -0.131. The van der Waals surface area contributed by atoms with Gasteiger partial charge in [-0.1, -0.05) is 32.0 Å². The number of Topliss-reactive ketones (excluding diaryl/α,β-unsaturated/α-hetero) is 1. The van der Waals surface area contributed by atoms with Gasteiger partial charge in [0.05, 0.1) is 20.3 Å². The predicted molar refractivity (Wildman–Crippen MR) is 162 cm³/mol. The van der Waals surface area contributed by atoms with Crippen molar-refractivity contribution < 1.29 is 38.2 Å². The molecule has 1 aromatic heterocycles. The molecule has 0 spiro atoms. The number of benzene rings is 2. The summed E-state index contributed by atoms with van der Waals surface area (Å²) in [7, 11) is 2.95. The average Bonchev–Trinajstić information content (AvgIpc) is 3.64. The Morgan fingerprint density at radius 2 is 1.68 bits per heavy atom. The van der Waals surface area contributed by atoms with E-state index in [4.69, 9.17) is 14.2 Å². The summed E-state index contributed by atoms with van der Waals surface area (Å²) in [4.78, 5) is 68.3. The zero-order valence-electron chi connectivity index (χ0n) is 25.2. The highest BCUT2D eigenvalue weighted by Gasteiger charge is 2.34. The minimum Gasteiger partial charge on any atom is -0.496 e.